The maximum absolute atomic E-state index is 12.5. The van der Waals surface area contributed by atoms with Crippen molar-refractivity contribution in [1.82, 2.24) is 14.8 Å². The predicted molar refractivity (Wildman–Crippen MR) is 83.5 cm³/mol. The van der Waals surface area contributed by atoms with Crippen LogP contribution in [-0.4, -0.2) is 60.0 Å². The number of hydrogen-bond acceptors (Lipinski definition) is 4. The fraction of sp³-hybridized carbons (Fsp3) is 0.625. The van der Waals surface area contributed by atoms with Crippen molar-refractivity contribution in [2.45, 2.75) is 37.8 Å². The van der Waals surface area contributed by atoms with Gasteiger partial charge in [0, 0.05) is 25.3 Å². The monoisotopic (exact) mass is 288 g/mol. The van der Waals surface area contributed by atoms with Gasteiger partial charge < -0.3 is 15.1 Å². The molecule has 5 heteroatoms. The van der Waals surface area contributed by atoms with Crippen molar-refractivity contribution in [3.05, 3.63) is 23.9 Å². The number of carbonyl (C=O) groups is 1. The van der Waals surface area contributed by atoms with Crippen molar-refractivity contribution in [2.75, 3.05) is 32.5 Å². The summed E-state index contributed by atoms with van der Waals surface area (Å²) in [5, 5.41) is 3.34. The van der Waals surface area contributed by atoms with E-state index in [9.17, 15) is 4.79 Å². The molecule has 1 aliphatic heterocycles. The highest BCUT2D eigenvalue weighted by Gasteiger charge is 2.25. The summed E-state index contributed by atoms with van der Waals surface area (Å²) in [5.74, 6) is 0.950. The summed E-state index contributed by atoms with van der Waals surface area (Å²) >= 11 is 0. The minimum atomic E-state index is 0.0787. The summed E-state index contributed by atoms with van der Waals surface area (Å²) in [6, 6.07) is 4.72. The summed E-state index contributed by atoms with van der Waals surface area (Å²) in [6.07, 6.45) is 6.24. The number of anilines is 1. The lowest BCUT2D eigenvalue weighted by atomic mass is 10.0. The molecule has 0 radical (unpaired) electrons. The summed E-state index contributed by atoms with van der Waals surface area (Å²) < 4.78 is 0. The quantitative estimate of drug-likeness (QED) is 0.918. The number of likely N-dealkylation sites (tertiary alicyclic amines) is 1. The Bertz CT molecular complexity index is 490. The van der Waals surface area contributed by atoms with E-state index in [1.807, 2.05) is 24.1 Å². The van der Waals surface area contributed by atoms with E-state index in [0.29, 0.717) is 17.6 Å². The van der Waals surface area contributed by atoms with Gasteiger partial charge in [-0.2, -0.15) is 0 Å². The van der Waals surface area contributed by atoms with Crippen LogP contribution in [0, 0.1) is 0 Å². The van der Waals surface area contributed by atoms with Crippen LogP contribution in [0.3, 0.4) is 0 Å². The van der Waals surface area contributed by atoms with Gasteiger partial charge >= 0.3 is 0 Å². The van der Waals surface area contributed by atoms with Gasteiger partial charge in [-0.1, -0.05) is 0 Å². The highest BCUT2D eigenvalue weighted by Crippen LogP contribution is 2.23. The Labute approximate surface area is 126 Å². The molecule has 114 valence electrons. The van der Waals surface area contributed by atoms with Crippen molar-refractivity contribution >= 4 is 11.7 Å². The smallest absolute Gasteiger partial charge is 0.255 e. The molecule has 1 aromatic rings. The molecule has 5 nitrogen and oxygen atoms in total. The molecule has 1 saturated carbocycles. The largest absolute Gasteiger partial charge is 0.367 e. The lowest BCUT2D eigenvalue weighted by Gasteiger charge is -2.35. The molecule has 0 spiro atoms. The van der Waals surface area contributed by atoms with E-state index in [-0.39, 0.29) is 5.91 Å². The number of hydrogen-bond donors (Lipinski definition) is 1. The number of aromatic nitrogens is 1. The maximum Gasteiger partial charge on any atom is 0.255 e. The van der Waals surface area contributed by atoms with Crippen LogP contribution in [0.4, 0.5) is 5.82 Å². The molecule has 0 aromatic carbocycles. The topological polar surface area (TPSA) is 48.5 Å². The Morgan fingerprint density at radius 1 is 1.29 bits per heavy atom. The van der Waals surface area contributed by atoms with E-state index in [0.717, 1.165) is 31.7 Å². The molecule has 1 aromatic heterocycles. The van der Waals surface area contributed by atoms with Crippen LogP contribution in [0.15, 0.2) is 18.3 Å². The number of nitrogens with one attached hydrogen (secondary N) is 1. The van der Waals surface area contributed by atoms with Crippen LogP contribution in [0.5, 0.6) is 0 Å². The van der Waals surface area contributed by atoms with Gasteiger partial charge in [0.2, 0.25) is 0 Å². The molecule has 0 unspecified atom stereocenters. The summed E-state index contributed by atoms with van der Waals surface area (Å²) in [7, 11) is 4.04. The van der Waals surface area contributed by atoms with Gasteiger partial charge in [-0.25, -0.2) is 4.98 Å². The van der Waals surface area contributed by atoms with Crippen LogP contribution in [0.1, 0.15) is 36.0 Å². The van der Waals surface area contributed by atoms with Gasteiger partial charge in [-0.05, 0) is 58.0 Å². The van der Waals surface area contributed by atoms with Crippen LogP contribution >= 0.6 is 0 Å². The Morgan fingerprint density at radius 3 is 2.57 bits per heavy atom. The zero-order valence-corrected chi connectivity index (χ0v) is 12.9. The molecule has 1 amide bonds. The molecule has 1 N–H and O–H groups in total. The molecule has 2 aliphatic rings. The Balaban J connectivity index is 1.60. The van der Waals surface area contributed by atoms with E-state index in [4.69, 9.17) is 0 Å². The molecule has 3 rings (SSSR count). The minimum Gasteiger partial charge on any atom is -0.367 e. The van der Waals surface area contributed by atoms with Gasteiger partial charge in [0.25, 0.3) is 5.91 Å². The molecule has 0 bridgehead atoms. The number of amides is 1. The first kappa shape index (κ1) is 14.3. The van der Waals surface area contributed by atoms with Gasteiger partial charge in [0.05, 0.1) is 5.56 Å². The Morgan fingerprint density at radius 2 is 2.00 bits per heavy atom. The average molecular weight is 288 g/mol. The van der Waals surface area contributed by atoms with Gasteiger partial charge in [-0.3, -0.25) is 4.79 Å². The number of carbonyl (C=O) groups excluding carboxylic acids is 1. The van der Waals surface area contributed by atoms with Gasteiger partial charge in [-0.15, -0.1) is 0 Å². The van der Waals surface area contributed by atoms with Crippen molar-refractivity contribution < 1.29 is 4.79 Å². The van der Waals surface area contributed by atoms with Crippen molar-refractivity contribution in [1.29, 1.82) is 0 Å². The zero-order chi connectivity index (χ0) is 14.8. The number of pyridine rings is 1. The molecular formula is C16H24N4O. The number of rotatable bonds is 4. The molecule has 21 heavy (non-hydrogen) atoms. The first-order chi connectivity index (χ1) is 10.1. The second-order valence-corrected chi connectivity index (χ2v) is 6.30. The molecule has 2 heterocycles. The Kier molecular flexibility index (Phi) is 4.10. The standard InChI is InChI=1S/C16H24N4O/c1-19-9-7-14(8-10-19)20(2)16(21)12-3-6-15(17-11-12)18-13-4-5-13/h3,6,11,13-14H,4-5,7-10H2,1-2H3,(H,17,18). The summed E-state index contributed by atoms with van der Waals surface area (Å²) in [6.45, 7) is 2.12. The van der Waals surface area contributed by atoms with E-state index >= 15 is 0 Å². The number of piperidine rings is 1. The zero-order valence-electron chi connectivity index (χ0n) is 12.9. The highest BCUT2D eigenvalue weighted by molar-refractivity contribution is 5.94. The van der Waals surface area contributed by atoms with Crippen molar-refractivity contribution in [2.24, 2.45) is 0 Å². The molecule has 2 fully saturated rings. The third kappa shape index (κ3) is 3.53. The SMILES string of the molecule is CN1CCC(N(C)C(=O)c2ccc(NC3CC3)nc2)CC1. The third-order valence-electron chi connectivity index (χ3n) is 4.50. The molecule has 1 saturated heterocycles. The van der Waals surface area contributed by atoms with Gasteiger partial charge in [0.1, 0.15) is 5.82 Å². The van der Waals surface area contributed by atoms with Crippen molar-refractivity contribution in [3.8, 4) is 0 Å². The van der Waals surface area contributed by atoms with Crippen LogP contribution in [0.25, 0.3) is 0 Å². The van der Waals surface area contributed by atoms with Crippen LogP contribution in [-0.2, 0) is 0 Å². The fourth-order valence-corrected chi connectivity index (χ4v) is 2.79. The van der Waals surface area contributed by atoms with E-state index < -0.39 is 0 Å². The molecule has 1 aliphatic carbocycles. The minimum absolute atomic E-state index is 0.0787. The highest BCUT2D eigenvalue weighted by atomic mass is 16.2. The van der Waals surface area contributed by atoms with E-state index in [1.54, 1.807) is 6.20 Å². The summed E-state index contributed by atoms with van der Waals surface area (Å²) in [4.78, 5) is 21.1. The van der Waals surface area contributed by atoms with Crippen molar-refractivity contribution in [3.63, 3.8) is 0 Å². The second-order valence-electron chi connectivity index (χ2n) is 6.30. The Hall–Kier alpha value is -1.62. The van der Waals surface area contributed by atoms with Crippen LogP contribution in [0.2, 0.25) is 0 Å². The second kappa shape index (κ2) is 6.02. The first-order valence-corrected chi connectivity index (χ1v) is 7.82. The summed E-state index contributed by atoms with van der Waals surface area (Å²) in [5.41, 5.74) is 0.678. The van der Waals surface area contributed by atoms with Gasteiger partial charge in [0.15, 0.2) is 0 Å². The number of nitrogens with zero attached hydrogens (tertiary/aromatic N) is 3. The molecule has 0 atom stereocenters. The van der Waals surface area contributed by atoms with Crippen LogP contribution < -0.4 is 5.32 Å². The maximum atomic E-state index is 12.5. The van der Waals surface area contributed by atoms with E-state index in [1.165, 1.54) is 12.8 Å². The van der Waals surface area contributed by atoms with E-state index in [2.05, 4.69) is 22.2 Å². The predicted octanol–water partition coefficient (Wildman–Crippen LogP) is 1.82. The fourth-order valence-electron chi connectivity index (χ4n) is 2.79. The lowest BCUT2D eigenvalue weighted by molar-refractivity contribution is 0.0659. The normalized spacial score (nSPS) is 20.3. The lowest BCUT2D eigenvalue weighted by Crippen LogP contribution is -2.44. The third-order valence-corrected chi connectivity index (χ3v) is 4.50. The first-order valence-electron chi connectivity index (χ1n) is 7.82. The average Bonchev–Trinajstić information content (AvgIpc) is 3.31. The molecular weight excluding hydrogens is 264 g/mol.